The van der Waals surface area contributed by atoms with Gasteiger partial charge in [-0.1, -0.05) is 5.16 Å². The molecular weight excluding hydrogens is 270 g/mol. The molecule has 1 aliphatic rings. The Balaban J connectivity index is 1.84. The number of hydrogen-bond acceptors (Lipinski definition) is 5. The zero-order valence-corrected chi connectivity index (χ0v) is 12.1. The summed E-state index contributed by atoms with van der Waals surface area (Å²) in [7, 11) is 0. The largest absolute Gasteiger partial charge is 0.409 e. The fraction of sp³-hybridized carbons (Fsp3) is 0.500. The first-order valence-corrected chi connectivity index (χ1v) is 7.01. The van der Waals surface area contributed by atoms with E-state index in [0.29, 0.717) is 12.1 Å². The van der Waals surface area contributed by atoms with Crippen LogP contribution in [0.4, 0.5) is 0 Å². The number of aryl methyl sites for hydroxylation is 1. The number of likely N-dealkylation sites (tertiary alicyclic amines) is 1. The van der Waals surface area contributed by atoms with Crippen molar-refractivity contribution in [3.8, 4) is 0 Å². The lowest BCUT2D eigenvalue weighted by atomic mass is 10.0. The first-order chi connectivity index (χ1) is 10.1. The number of nitrogens with zero attached hydrogens (tertiary/aromatic N) is 3. The van der Waals surface area contributed by atoms with Crippen molar-refractivity contribution in [2.75, 3.05) is 19.6 Å². The van der Waals surface area contributed by atoms with E-state index in [9.17, 15) is 4.79 Å². The standard InChI is InChI=1S/C14H21N5O2/c1-10-12(3-2-6-16-10)14(20)17-11-4-7-19(8-5-11)9-13(15)18-21/h2-3,6,11,21H,4-5,7-9H2,1H3,(H2,15,18)(H,17,20). The van der Waals surface area contributed by atoms with Gasteiger partial charge in [0.1, 0.15) is 0 Å². The first kappa shape index (κ1) is 15.2. The third-order valence-electron chi connectivity index (χ3n) is 3.69. The zero-order chi connectivity index (χ0) is 15.2. The van der Waals surface area contributed by atoms with Crippen LogP contribution in [0.1, 0.15) is 28.9 Å². The molecule has 7 nitrogen and oxygen atoms in total. The zero-order valence-electron chi connectivity index (χ0n) is 12.1. The van der Waals surface area contributed by atoms with Gasteiger partial charge in [0.2, 0.25) is 0 Å². The second-order valence-electron chi connectivity index (χ2n) is 5.25. The maximum atomic E-state index is 12.2. The number of nitrogens with two attached hydrogens (primary N) is 1. The van der Waals surface area contributed by atoms with Crippen molar-refractivity contribution in [2.45, 2.75) is 25.8 Å². The average molecular weight is 291 g/mol. The van der Waals surface area contributed by atoms with Crippen LogP contribution in [-0.2, 0) is 0 Å². The van der Waals surface area contributed by atoms with Crippen LogP contribution in [-0.4, -0.2) is 52.5 Å². The molecule has 1 aliphatic heterocycles. The van der Waals surface area contributed by atoms with Gasteiger partial charge in [0.15, 0.2) is 5.84 Å². The molecule has 7 heteroatoms. The van der Waals surface area contributed by atoms with Crippen LogP contribution in [0.3, 0.4) is 0 Å². The van der Waals surface area contributed by atoms with Crippen LogP contribution in [0, 0.1) is 6.92 Å². The summed E-state index contributed by atoms with van der Waals surface area (Å²) < 4.78 is 0. The van der Waals surface area contributed by atoms with Crippen LogP contribution >= 0.6 is 0 Å². The van der Waals surface area contributed by atoms with Gasteiger partial charge in [-0.05, 0) is 31.9 Å². The van der Waals surface area contributed by atoms with Gasteiger partial charge in [-0.2, -0.15) is 0 Å². The van der Waals surface area contributed by atoms with E-state index in [2.05, 4.69) is 20.4 Å². The van der Waals surface area contributed by atoms with Gasteiger partial charge in [-0.3, -0.25) is 14.7 Å². The summed E-state index contributed by atoms with van der Waals surface area (Å²) in [5.41, 5.74) is 6.85. The predicted molar refractivity (Wildman–Crippen MR) is 79.3 cm³/mol. The molecule has 1 amide bonds. The Labute approximate surface area is 123 Å². The van der Waals surface area contributed by atoms with Crippen LogP contribution in [0.5, 0.6) is 0 Å². The minimum atomic E-state index is -0.0736. The highest BCUT2D eigenvalue weighted by Gasteiger charge is 2.22. The molecule has 0 aromatic carbocycles. The quantitative estimate of drug-likeness (QED) is 0.321. The van der Waals surface area contributed by atoms with Gasteiger partial charge >= 0.3 is 0 Å². The number of rotatable bonds is 4. The fourth-order valence-electron chi connectivity index (χ4n) is 2.48. The number of piperidine rings is 1. The normalized spacial score (nSPS) is 17.7. The van der Waals surface area contributed by atoms with Crippen LogP contribution < -0.4 is 11.1 Å². The van der Waals surface area contributed by atoms with Crippen molar-refractivity contribution in [3.63, 3.8) is 0 Å². The van der Waals surface area contributed by atoms with Gasteiger partial charge in [0.05, 0.1) is 12.1 Å². The summed E-state index contributed by atoms with van der Waals surface area (Å²) in [6.07, 6.45) is 3.38. The molecule has 4 N–H and O–H groups in total. The Hall–Kier alpha value is -2.15. The minimum absolute atomic E-state index is 0.0736. The molecule has 1 fully saturated rings. The number of amides is 1. The van der Waals surface area contributed by atoms with E-state index < -0.39 is 0 Å². The van der Waals surface area contributed by atoms with Crippen molar-refractivity contribution < 1.29 is 10.0 Å². The molecule has 1 aromatic heterocycles. The summed E-state index contributed by atoms with van der Waals surface area (Å²) in [6.45, 7) is 3.91. The van der Waals surface area contributed by atoms with Gasteiger partial charge in [-0.25, -0.2) is 0 Å². The van der Waals surface area contributed by atoms with E-state index in [1.165, 1.54) is 0 Å². The Morgan fingerprint density at radius 3 is 2.90 bits per heavy atom. The number of amidine groups is 1. The molecular formula is C14H21N5O2. The van der Waals surface area contributed by atoms with Crippen LogP contribution in [0.25, 0.3) is 0 Å². The SMILES string of the molecule is Cc1ncccc1C(=O)NC1CCN(C/C(N)=N/O)CC1. The molecule has 0 unspecified atom stereocenters. The highest BCUT2D eigenvalue weighted by molar-refractivity contribution is 5.95. The molecule has 2 heterocycles. The van der Waals surface area contributed by atoms with Crippen molar-refractivity contribution in [1.82, 2.24) is 15.2 Å². The van der Waals surface area contributed by atoms with Gasteiger partial charge in [0.25, 0.3) is 5.91 Å². The maximum Gasteiger partial charge on any atom is 0.253 e. The number of carbonyl (C=O) groups excluding carboxylic acids is 1. The summed E-state index contributed by atoms with van der Waals surface area (Å²) in [5.74, 6) is 0.138. The Kier molecular flexibility index (Phi) is 5.10. The predicted octanol–water partition coefficient (Wildman–Crippen LogP) is 0.331. The van der Waals surface area contributed by atoms with E-state index in [4.69, 9.17) is 10.9 Å². The molecule has 0 saturated carbocycles. The molecule has 0 atom stereocenters. The third kappa shape index (κ3) is 4.16. The number of hydrogen-bond donors (Lipinski definition) is 3. The van der Waals surface area contributed by atoms with E-state index >= 15 is 0 Å². The summed E-state index contributed by atoms with van der Waals surface area (Å²) in [4.78, 5) is 18.4. The molecule has 0 radical (unpaired) electrons. The summed E-state index contributed by atoms with van der Waals surface area (Å²) in [6, 6.07) is 3.70. The Morgan fingerprint density at radius 2 is 2.29 bits per heavy atom. The van der Waals surface area contributed by atoms with Gasteiger partial charge in [0, 0.05) is 31.0 Å². The monoisotopic (exact) mass is 291 g/mol. The Bertz CT molecular complexity index is 524. The molecule has 2 rings (SSSR count). The second-order valence-corrected chi connectivity index (χ2v) is 5.25. The molecule has 114 valence electrons. The number of aromatic nitrogens is 1. The lowest BCUT2D eigenvalue weighted by Gasteiger charge is -2.31. The molecule has 0 spiro atoms. The average Bonchev–Trinajstić information content (AvgIpc) is 2.49. The molecule has 21 heavy (non-hydrogen) atoms. The van der Waals surface area contributed by atoms with Crippen LogP contribution in [0.2, 0.25) is 0 Å². The highest BCUT2D eigenvalue weighted by atomic mass is 16.4. The lowest BCUT2D eigenvalue weighted by molar-refractivity contribution is 0.0913. The van der Waals surface area contributed by atoms with Gasteiger partial charge in [-0.15, -0.1) is 0 Å². The molecule has 0 aliphatic carbocycles. The fourth-order valence-corrected chi connectivity index (χ4v) is 2.48. The molecule has 0 bridgehead atoms. The number of pyridine rings is 1. The van der Waals surface area contributed by atoms with E-state index in [-0.39, 0.29) is 17.8 Å². The van der Waals surface area contributed by atoms with Crippen molar-refractivity contribution >= 4 is 11.7 Å². The minimum Gasteiger partial charge on any atom is -0.409 e. The third-order valence-corrected chi connectivity index (χ3v) is 3.69. The van der Waals surface area contributed by atoms with E-state index in [1.54, 1.807) is 18.3 Å². The van der Waals surface area contributed by atoms with Crippen molar-refractivity contribution in [1.29, 1.82) is 0 Å². The smallest absolute Gasteiger partial charge is 0.253 e. The first-order valence-electron chi connectivity index (χ1n) is 7.01. The number of nitrogens with one attached hydrogen (secondary N) is 1. The van der Waals surface area contributed by atoms with E-state index in [0.717, 1.165) is 31.6 Å². The van der Waals surface area contributed by atoms with E-state index in [1.807, 2.05) is 6.92 Å². The lowest BCUT2D eigenvalue weighted by Crippen LogP contribution is -2.46. The second kappa shape index (κ2) is 7.03. The van der Waals surface area contributed by atoms with Crippen molar-refractivity contribution in [3.05, 3.63) is 29.6 Å². The topological polar surface area (TPSA) is 104 Å². The molecule has 1 saturated heterocycles. The molecule has 1 aromatic rings. The Morgan fingerprint density at radius 1 is 1.57 bits per heavy atom. The van der Waals surface area contributed by atoms with Gasteiger partial charge < -0.3 is 16.3 Å². The number of carbonyl (C=O) groups is 1. The summed E-state index contributed by atoms with van der Waals surface area (Å²) >= 11 is 0. The van der Waals surface area contributed by atoms with Crippen molar-refractivity contribution in [2.24, 2.45) is 10.9 Å². The highest BCUT2D eigenvalue weighted by Crippen LogP contribution is 2.11. The summed E-state index contributed by atoms with van der Waals surface area (Å²) in [5, 5.41) is 14.6. The van der Waals surface area contributed by atoms with Crippen LogP contribution in [0.15, 0.2) is 23.5 Å². The maximum absolute atomic E-state index is 12.2. The number of oxime groups is 1.